The Labute approximate surface area is 175 Å². The number of aliphatic hydroxyl groups is 1. The highest BCUT2D eigenvalue weighted by Gasteiger charge is 2.79. The second-order valence-electron chi connectivity index (χ2n) is 9.55. The van der Waals surface area contributed by atoms with Gasteiger partial charge in [0, 0.05) is 30.8 Å². The summed E-state index contributed by atoms with van der Waals surface area (Å²) in [5.74, 6) is -2.17. The van der Waals surface area contributed by atoms with Crippen LogP contribution in [0.3, 0.4) is 0 Å². The molecular weight excluding hydrogens is 392 g/mol. The van der Waals surface area contributed by atoms with Crippen molar-refractivity contribution in [1.82, 2.24) is 0 Å². The van der Waals surface area contributed by atoms with Crippen molar-refractivity contribution >= 4 is 17.9 Å². The maximum absolute atomic E-state index is 12.9. The maximum atomic E-state index is 12.9. The van der Waals surface area contributed by atoms with Crippen LogP contribution in [0.25, 0.3) is 0 Å². The fourth-order valence-corrected chi connectivity index (χ4v) is 6.18. The van der Waals surface area contributed by atoms with Crippen molar-refractivity contribution in [2.45, 2.75) is 82.9 Å². The van der Waals surface area contributed by atoms with Gasteiger partial charge < -0.3 is 24.1 Å². The summed E-state index contributed by atoms with van der Waals surface area (Å²) in [6, 6.07) is 0. The van der Waals surface area contributed by atoms with E-state index >= 15 is 0 Å². The van der Waals surface area contributed by atoms with E-state index in [9.17, 15) is 19.5 Å². The number of rotatable bonds is 4. The molecule has 0 aromatic carbocycles. The zero-order chi connectivity index (χ0) is 22.1. The molecule has 4 fully saturated rings. The highest BCUT2D eigenvalue weighted by Crippen LogP contribution is 2.65. The van der Waals surface area contributed by atoms with Gasteiger partial charge in [0.05, 0.1) is 5.60 Å². The Morgan fingerprint density at radius 1 is 1.30 bits per heavy atom. The number of allylic oxidation sites excluding steroid dienone is 1. The minimum Gasteiger partial charge on any atom is -0.462 e. The van der Waals surface area contributed by atoms with E-state index in [1.165, 1.54) is 6.92 Å². The molecule has 4 rings (SSSR count). The van der Waals surface area contributed by atoms with Gasteiger partial charge in [-0.2, -0.15) is 0 Å². The van der Waals surface area contributed by atoms with Crippen LogP contribution in [0.4, 0.5) is 0 Å². The Balaban J connectivity index is 1.74. The van der Waals surface area contributed by atoms with Crippen molar-refractivity contribution in [2.24, 2.45) is 17.8 Å². The molecule has 8 atom stereocenters. The van der Waals surface area contributed by atoms with E-state index in [2.05, 4.69) is 0 Å². The van der Waals surface area contributed by atoms with Crippen molar-refractivity contribution in [2.75, 3.05) is 6.61 Å². The number of carbonyl (C=O) groups is 3. The molecule has 1 N–H and O–H groups in total. The van der Waals surface area contributed by atoms with Crippen molar-refractivity contribution in [1.29, 1.82) is 0 Å². The normalized spacial score (nSPS) is 46.8. The zero-order valence-electron chi connectivity index (χ0n) is 18.1. The first kappa shape index (κ1) is 21.3. The molecule has 2 saturated carbocycles. The molecule has 166 valence electrons. The van der Waals surface area contributed by atoms with Crippen LogP contribution in [-0.4, -0.2) is 58.6 Å². The van der Waals surface area contributed by atoms with Crippen molar-refractivity contribution in [3.63, 3.8) is 0 Å². The van der Waals surface area contributed by atoms with Crippen LogP contribution >= 0.6 is 0 Å². The molecule has 0 aromatic rings. The first-order valence-corrected chi connectivity index (χ1v) is 10.6. The Morgan fingerprint density at radius 3 is 2.63 bits per heavy atom. The summed E-state index contributed by atoms with van der Waals surface area (Å²) in [5.41, 5.74) is -3.37. The monoisotopic (exact) mass is 422 g/mol. The van der Waals surface area contributed by atoms with Crippen LogP contribution < -0.4 is 0 Å². The predicted octanol–water partition coefficient (Wildman–Crippen LogP) is 1.68. The fourth-order valence-electron chi connectivity index (χ4n) is 6.18. The van der Waals surface area contributed by atoms with Gasteiger partial charge in [0.1, 0.15) is 24.4 Å². The lowest BCUT2D eigenvalue weighted by molar-refractivity contribution is -0.222. The lowest BCUT2D eigenvalue weighted by Gasteiger charge is -2.43. The molecule has 4 aliphatic rings. The van der Waals surface area contributed by atoms with Gasteiger partial charge in [-0.25, -0.2) is 9.59 Å². The minimum absolute atomic E-state index is 0.0182. The van der Waals surface area contributed by atoms with Crippen LogP contribution in [0, 0.1) is 17.8 Å². The number of hydrogen-bond donors (Lipinski definition) is 1. The van der Waals surface area contributed by atoms with Crippen LogP contribution in [0.5, 0.6) is 0 Å². The Morgan fingerprint density at radius 2 is 2.00 bits per heavy atom. The Kier molecular flexibility index (Phi) is 4.82. The largest absolute Gasteiger partial charge is 0.462 e. The third-order valence-corrected chi connectivity index (χ3v) is 7.71. The smallest absolute Gasteiger partial charge is 0.342 e. The third-order valence-electron chi connectivity index (χ3n) is 7.71. The first-order chi connectivity index (χ1) is 14.0. The highest BCUT2D eigenvalue weighted by atomic mass is 16.6. The molecular formula is C22H30O8. The average Bonchev–Trinajstić information content (AvgIpc) is 3.17. The number of esters is 3. The second kappa shape index (κ2) is 6.79. The Bertz CT molecular complexity index is 816. The van der Waals surface area contributed by atoms with Crippen molar-refractivity contribution in [3.05, 3.63) is 11.6 Å². The standard InChI is InChI=1S/C22H30O8/c1-6-11(2)18(24)28-16-9-20(5,26)22-8-14-15(7-12(3)17(16)22)29-19(25)21(14,30-22)10-27-13(4)23/h6,12,14-17,26H,7-10H2,1-5H3/b11-6+. The quantitative estimate of drug-likeness (QED) is 0.414. The van der Waals surface area contributed by atoms with Gasteiger partial charge in [0.15, 0.2) is 0 Å². The SMILES string of the molecule is C/C=C(\C)C(=O)OC1CC(C)(O)C23CC4C(CC(C)C12)OC(=O)C4(COC(C)=O)O3. The predicted molar refractivity (Wildman–Crippen MR) is 103 cm³/mol. The fraction of sp³-hybridized carbons (Fsp3) is 0.773. The molecule has 8 nitrogen and oxygen atoms in total. The molecule has 0 amide bonds. The van der Waals surface area contributed by atoms with Crippen LogP contribution in [0.2, 0.25) is 0 Å². The molecule has 2 heterocycles. The molecule has 2 aliphatic carbocycles. The van der Waals surface area contributed by atoms with E-state index in [1.54, 1.807) is 26.8 Å². The zero-order valence-corrected chi connectivity index (χ0v) is 18.1. The summed E-state index contributed by atoms with van der Waals surface area (Å²) in [7, 11) is 0. The van der Waals surface area contributed by atoms with Crippen LogP contribution in [-0.2, 0) is 33.3 Å². The lowest BCUT2D eigenvalue weighted by Crippen LogP contribution is -2.57. The second-order valence-corrected chi connectivity index (χ2v) is 9.55. The molecule has 0 radical (unpaired) electrons. The topological polar surface area (TPSA) is 108 Å². The summed E-state index contributed by atoms with van der Waals surface area (Å²) < 4.78 is 23.2. The first-order valence-electron chi connectivity index (χ1n) is 10.6. The summed E-state index contributed by atoms with van der Waals surface area (Å²) >= 11 is 0. The molecule has 2 bridgehead atoms. The van der Waals surface area contributed by atoms with E-state index in [1.807, 2.05) is 6.92 Å². The molecule has 8 unspecified atom stereocenters. The van der Waals surface area contributed by atoms with Gasteiger partial charge in [0.25, 0.3) is 0 Å². The summed E-state index contributed by atoms with van der Waals surface area (Å²) in [4.78, 5) is 36.9. The van der Waals surface area contributed by atoms with Crippen LogP contribution in [0.15, 0.2) is 11.6 Å². The van der Waals surface area contributed by atoms with E-state index in [-0.39, 0.29) is 30.8 Å². The Hall–Kier alpha value is -1.93. The van der Waals surface area contributed by atoms with Gasteiger partial charge in [0.2, 0.25) is 5.60 Å². The summed E-state index contributed by atoms with van der Waals surface area (Å²) in [6.07, 6.45) is 1.89. The van der Waals surface area contributed by atoms with Gasteiger partial charge in [-0.3, -0.25) is 4.79 Å². The van der Waals surface area contributed by atoms with E-state index in [4.69, 9.17) is 18.9 Å². The van der Waals surface area contributed by atoms with Gasteiger partial charge in [-0.05, 0) is 39.5 Å². The molecule has 8 heteroatoms. The molecule has 1 spiro atoms. The molecule has 0 aromatic heterocycles. The highest BCUT2D eigenvalue weighted by molar-refractivity contribution is 5.88. The van der Waals surface area contributed by atoms with Gasteiger partial charge in [-0.1, -0.05) is 13.0 Å². The summed E-state index contributed by atoms with van der Waals surface area (Å²) in [5, 5.41) is 11.5. The van der Waals surface area contributed by atoms with E-state index < -0.39 is 46.9 Å². The molecule has 2 aliphatic heterocycles. The number of hydrogen-bond acceptors (Lipinski definition) is 8. The molecule has 2 saturated heterocycles. The summed E-state index contributed by atoms with van der Waals surface area (Å²) in [6.45, 7) is 8.17. The van der Waals surface area contributed by atoms with Crippen molar-refractivity contribution < 1.29 is 38.4 Å². The number of carbonyl (C=O) groups excluding carboxylic acids is 3. The maximum Gasteiger partial charge on any atom is 0.342 e. The van der Waals surface area contributed by atoms with E-state index in [0.717, 1.165) is 0 Å². The average molecular weight is 422 g/mol. The van der Waals surface area contributed by atoms with Gasteiger partial charge in [-0.15, -0.1) is 0 Å². The third kappa shape index (κ3) is 2.76. The van der Waals surface area contributed by atoms with Crippen LogP contribution in [0.1, 0.15) is 53.9 Å². The minimum atomic E-state index is -1.43. The van der Waals surface area contributed by atoms with E-state index in [0.29, 0.717) is 18.4 Å². The number of ether oxygens (including phenoxy) is 4. The van der Waals surface area contributed by atoms with Gasteiger partial charge >= 0.3 is 17.9 Å². The molecule has 30 heavy (non-hydrogen) atoms. The lowest BCUT2D eigenvalue weighted by atomic mass is 9.74. The van der Waals surface area contributed by atoms with Crippen molar-refractivity contribution in [3.8, 4) is 0 Å².